The molecule has 1 saturated heterocycles. The molecule has 1 aliphatic heterocycles. The number of anilines is 2. The summed E-state index contributed by atoms with van der Waals surface area (Å²) in [6.07, 6.45) is 1.10. The number of hydrogen-bond acceptors (Lipinski definition) is 5. The van der Waals surface area contributed by atoms with Crippen molar-refractivity contribution < 1.29 is 9.72 Å². The highest BCUT2D eigenvalue weighted by Crippen LogP contribution is 2.30. The first-order valence-electron chi connectivity index (χ1n) is 10.6. The lowest BCUT2D eigenvalue weighted by atomic mass is 10.1. The maximum absolute atomic E-state index is 12.8. The molecule has 3 aromatic carbocycles. The monoisotopic (exact) mass is 418 g/mol. The number of benzene rings is 3. The van der Waals surface area contributed by atoms with Crippen LogP contribution in [0.3, 0.4) is 0 Å². The number of nitro groups is 1. The van der Waals surface area contributed by atoms with Gasteiger partial charge in [-0.3, -0.25) is 19.8 Å². The molecule has 4 rings (SSSR count). The van der Waals surface area contributed by atoms with Gasteiger partial charge in [-0.15, -0.1) is 0 Å². The van der Waals surface area contributed by atoms with Crippen molar-refractivity contribution in [2.45, 2.75) is 13.3 Å². The summed E-state index contributed by atoms with van der Waals surface area (Å²) in [4.78, 5) is 28.5. The number of amides is 1. The predicted octanol–water partition coefficient (Wildman–Crippen LogP) is 4.53. The Labute approximate surface area is 181 Å². The highest BCUT2D eigenvalue weighted by Gasteiger charge is 2.25. The van der Waals surface area contributed by atoms with E-state index in [9.17, 15) is 14.9 Å². The van der Waals surface area contributed by atoms with E-state index in [1.54, 1.807) is 12.1 Å². The number of fused-ring (bicyclic) bond motifs is 1. The fourth-order valence-electron chi connectivity index (χ4n) is 4.08. The molecule has 0 radical (unpaired) electrons. The van der Waals surface area contributed by atoms with Crippen molar-refractivity contribution in [1.82, 2.24) is 4.90 Å². The number of nitrogens with zero attached hydrogens (tertiary/aromatic N) is 3. The van der Waals surface area contributed by atoms with Gasteiger partial charge in [-0.2, -0.15) is 0 Å². The zero-order valence-corrected chi connectivity index (χ0v) is 17.6. The Bertz CT molecular complexity index is 1110. The highest BCUT2D eigenvalue weighted by molar-refractivity contribution is 6.06. The van der Waals surface area contributed by atoms with Gasteiger partial charge in [-0.1, -0.05) is 37.3 Å². The number of piperazine rings is 1. The van der Waals surface area contributed by atoms with E-state index in [4.69, 9.17) is 0 Å². The third-order valence-electron chi connectivity index (χ3n) is 5.69. The van der Waals surface area contributed by atoms with Gasteiger partial charge in [-0.05, 0) is 48.0 Å². The summed E-state index contributed by atoms with van der Waals surface area (Å²) in [6.45, 7) is 6.44. The Hall–Kier alpha value is -3.45. The van der Waals surface area contributed by atoms with Gasteiger partial charge in [0.1, 0.15) is 5.69 Å². The smallest absolute Gasteiger partial charge is 0.293 e. The molecular formula is C24H26N4O3. The molecule has 7 heteroatoms. The van der Waals surface area contributed by atoms with Gasteiger partial charge in [0.05, 0.1) is 4.92 Å². The second kappa shape index (κ2) is 9.14. The third-order valence-corrected chi connectivity index (χ3v) is 5.69. The van der Waals surface area contributed by atoms with E-state index in [0.29, 0.717) is 11.4 Å². The topological polar surface area (TPSA) is 78.7 Å². The van der Waals surface area contributed by atoms with Crippen molar-refractivity contribution in [2.75, 3.05) is 42.9 Å². The maximum Gasteiger partial charge on any atom is 0.293 e. The highest BCUT2D eigenvalue weighted by atomic mass is 16.6. The van der Waals surface area contributed by atoms with Crippen molar-refractivity contribution in [1.29, 1.82) is 0 Å². The molecule has 1 N–H and O–H groups in total. The number of carbonyl (C=O) groups is 1. The van der Waals surface area contributed by atoms with Crippen LogP contribution in [0.15, 0.2) is 60.7 Å². The summed E-state index contributed by atoms with van der Waals surface area (Å²) < 4.78 is 0. The molecule has 1 heterocycles. The molecule has 0 unspecified atom stereocenters. The van der Waals surface area contributed by atoms with Gasteiger partial charge in [0.25, 0.3) is 11.6 Å². The second-order valence-electron chi connectivity index (χ2n) is 7.81. The van der Waals surface area contributed by atoms with Crippen molar-refractivity contribution in [3.8, 4) is 0 Å². The Balaban J connectivity index is 1.52. The van der Waals surface area contributed by atoms with Gasteiger partial charge < -0.3 is 10.2 Å². The summed E-state index contributed by atoms with van der Waals surface area (Å²) in [5.41, 5.74) is 1.47. The fourth-order valence-corrected chi connectivity index (χ4v) is 4.08. The molecule has 0 bridgehead atoms. The summed E-state index contributed by atoms with van der Waals surface area (Å²) in [7, 11) is 0. The lowest BCUT2D eigenvalue weighted by molar-refractivity contribution is -0.384. The Morgan fingerprint density at radius 2 is 1.74 bits per heavy atom. The number of rotatable bonds is 6. The average molecular weight is 418 g/mol. The minimum Gasteiger partial charge on any atom is -0.363 e. The summed E-state index contributed by atoms with van der Waals surface area (Å²) in [5.74, 6) is -0.363. The van der Waals surface area contributed by atoms with Gasteiger partial charge in [0.2, 0.25) is 0 Å². The molecule has 0 saturated carbocycles. The molecule has 1 fully saturated rings. The Kier molecular flexibility index (Phi) is 6.13. The molecule has 160 valence electrons. The molecule has 1 amide bonds. The lowest BCUT2D eigenvalue weighted by Gasteiger charge is -2.35. The number of carbonyl (C=O) groups excluding carboxylic acids is 1. The Morgan fingerprint density at radius 1 is 1.00 bits per heavy atom. The van der Waals surface area contributed by atoms with Crippen LogP contribution in [-0.2, 0) is 0 Å². The lowest BCUT2D eigenvalue weighted by Crippen LogP contribution is -2.46. The van der Waals surface area contributed by atoms with E-state index in [0.717, 1.165) is 49.9 Å². The first-order chi connectivity index (χ1) is 15.0. The van der Waals surface area contributed by atoms with Crippen LogP contribution in [-0.4, -0.2) is 48.5 Å². The predicted molar refractivity (Wildman–Crippen MR) is 124 cm³/mol. The van der Waals surface area contributed by atoms with Crippen molar-refractivity contribution in [3.05, 3.63) is 76.3 Å². The van der Waals surface area contributed by atoms with E-state index < -0.39 is 4.92 Å². The fraction of sp³-hybridized carbons (Fsp3) is 0.292. The standard InChI is InChI=1S/C24H26N4O3/c1-2-11-26-12-14-27(15-13-26)22-10-8-20(17-23(22)28(30)31)24(29)25-21-9-7-18-5-3-4-6-19(18)16-21/h3-10,16-17H,2,11-15H2,1H3,(H,25,29). The Morgan fingerprint density at radius 3 is 2.45 bits per heavy atom. The van der Waals surface area contributed by atoms with Gasteiger partial charge >= 0.3 is 0 Å². The first-order valence-corrected chi connectivity index (χ1v) is 10.6. The van der Waals surface area contributed by atoms with Crippen molar-refractivity contribution in [2.24, 2.45) is 0 Å². The molecule has 0 atom stereocenters. The third kappa shape index (κ3) is 4.67. The molecule has 3 aromatic rings. The summed E-state index contributed by atoms with van der Waals surface area (Å²) in [6, 6.07) is 18.3. The minimum absolute atomic E-state index is 0.0323. The molecular weight excluding hydrogens is 392 g/mol. The molecule has 7 nitrogen and oxygen atoms in total. The van der Waals surface area contributed by atoms with Crippen molar-refractivity contribution in [3.63, 3.8) is 0 Å². The van der Waals surface area contributed by atoms with Crippen LogP contribution < -0.4 is 10.2 Å². The van der Waals surface area contributed by atoms with Crippen LogP contribution in [0.4, 0.5) is 17.1 Å². The zero-order valence-electron chi connectivity index (χ0n) is 17.6. The maximum atomic E-state index is 12.8. The quantitative estimate of drug-likeness (QED) is 0.470. The summed E-state index contributed by atoms with van der Waals surface area (Å²) >= 11 is 0. The van der Waals surface area contributed by atoms with Crippen LogP contribution in [0.25, 0.3) is 10.8 Å². The largest absolute Gasteiger partial charge is 0.363 e. The van der Waals surface area contributed by atoms with Crippen molar-refractivity contribution >= 4 is 33.7 Å². The average Bonchev–Trinajstić information content (AvgIpc) is 2.79. The van der Waals surface area contributed by atoms with Crippen LogP contribution in [0.5, 0.6) is 0 Å². The molecule has 31 heavy (non-hydrogen) atoms. The number of hydrogen-bond donors (Lipinski definition) is 1. The van der Waals surface area contributed by atoms with E-state index in [-0.39, 0.29) is 17.2 Å². The van der Waals surface area contributed by atoms with E-state index in [1.807, 2.05) is 47.4 Å². The molecule has 0 aliphatic carbocycles. The normalized spacial score (nSPS) is 14.5. The zero-order chi connectivity index (χ0) is 21.8. The SMILES string of the molecule is CCCN1CCN(c2ccc(C(=O)Nc3ccc4ccccc4c3)cc2[N+](=O)[O-])CC1. The van der Waals surface area contributed by atoms with Crippen LogP contribution in [0.2, 0.25) is 0 Å². The second-order valence-corrected chi connectivity index (χ2v) is 7.81. The van der Waals surface area contributed by atoms with Gasteiger partial charge in [0.15, 0.2) is 0 Å². The first kappa shape index (κ1) is 20.8. The van der Waals surface area contributed by atoms with Gasteiger partial charge in [-0.25, -0.2) is 0 Å². The van der Waals surface area contributed by atoms with E-state index in [2.05, 4.69) is 17.1 Å². The van der Waals surface area contributed by atoms with E-state index >= 15 is 0 Å². The molecule has 0 spiro atoms. The molecule has 1 aliphatic rings. The number of nitro benzene ring substituents is 1. The van der Waals surface area contributed by atoms with E-state index in [1.165, 1.54) is 6.07 Å². The van der Waals surface area contributed by atoms with Crippen LogP contribution in [0.1, 0.15) is 23.7 Å². The minimum atomic E-state index is -0.402. The summed E-state index contributed by atoms with van der Waals surface area (Å²) in [5, 5.41) is 16.7. The van der Waals surface area contributed by atoms with Crippen LogP contribution >= 0.6 is 0 Å². The van der Waals surface area contributed by atoms with Crippen LogP contribution in [0, 0.1) is 10.1 Å². The van der Waals surface area contributed by atoms with Gasteiger partial charge in [0, 0.05) is 43.5 Å². The number of nitrogens with one attached hydrogen (secondary N) is 1. The molecule has 0 aromatic heterocycles.